The van der Waals surface area contributed by atoms with E-state index in [4.69, 9.17) is 4.74 Å². The highest BCUT2D eigenvalue weighted by Crippen LogP contribution is 2.43. The summed E-state index contributed by atoms with van der Waals surface area (Å²) in [5.41, 5.74) is 0.478. The molecule has 7 nitrogen and oxygen atoms in total. The maximum Gasteiger partial charge on any atom is 0.332 e. The van der Waals surface area contributed by atoms with Gasteiger partial charge in [0.2, 0.25) is 5.91 Å². The molecule has 0 aromatic heterocycles. The summed E-state index contributed by atoms with van der Waals surface area (Å²) < 4.78 is 20.2. The Balaban J connectivity index is 1.46. The van der Waals surface area contributed by atoms with Crippen LogP contribution in [-0.2, 0) is 14.3 Å². The maximum atomic E-state index is 14.0. The highest BCUT2D eigenvalue weighted by molar-refractivity contribution is 6.18. The number of anilines is 2. The average Bonchev–Trinajstić information content (AvgIpc) is 3.19. The Labute approximate surface area is 185 Å². The summed E-state index contributed by atoms with van der Waals surface area (Å²) in [6, 6.07) is 13.4. The molecule has 0 spiro atoms. The number of carbonyl (C=O) groups is 3. The van der Waals surface area contributed by atoms with Gasteiger partial charge in [-0.1, -0.05) is 43.2 Å². The molecule has 4 atom stereocenters. The third-order valence-corrected chi connectivity index (χ3v) is 6.56. The van der Waals surface area contributed by atoms with Crippen LogP contribution in [0.2, 0.25) is 0 Å². The number of ether oxygens (including phenoxy) is 1. The molecular weight excluding hydrogens is 413 g/mol. The van der Waals surface area contributed by atoms with E-state index < -0.39 is 35.8 Å². The van der Waals surface area contributed by atoms with E-state index in [9.17, 15) is 18.8 Å². The number of nitrogens with one attached hydrogen (secondary N) is 1. The monoisotopic (exact) mass is 437 g/mol. The van der Waals surface area contributed by atoms with Crippen LogP contribution in [0.5, 0.6) is 0 Å². The van der Waals surface area contributed by atoms with Crippen LogP contribution < -0.4 is 10.2 Å². The van der Waals surface area contributed by atoms with Crippen molar-refractivity contribution in [3.05, 3.63) is 60.4 Å². The Hall–Kier alpha value is -3.26. The van der Waals surface area contributed by atoms with Crippen LogP contribution in [0.25, 0.3) is 0 Å². The zero-order valence-electron chi connectivity index (χ0n) is 17.4. The zero-order valence-corrected chi connectivity index (χ0v) is 17.4. The molecule has 32 heavy (non-hydrogen) atoms. The fraction of sp³-hybridized carbons (Fsp3) is 0.375. The van der Waals surface area contributed by atoms with Gasteiger partial charge in [-0.05, 0) is 37.1 Å². The Kier molecular flexibility index (Phi) is 5.38. The van der Waals surface area contributed by atoms with Gasteiger partial charge in [0.15, 0.2) is 6.10 Å². The molecule has 0 bridgehead atoms. The van der Waals surface area contributed by atoms with E-state index in [0.717, 1.165) is 30.6 Å². The van der Waals surface area contributed by atoms with Crippen molar-refractivity contribution < 1.29 is 23.5 Å². The molecule has 4 unspecified atom stereocenters. The van der Waals surface area contributed by atoms with Crippen LogP contribution >= 0.6 is 0 Å². The van der Waals surface area contributed by atoms with Crippen LogP contribution in [-0.4, -0.2) is 47.5 Å². The minimum absolute atomic E-state index is 0.000773. The molecule has 2 heterocycles. The fourth-order valence-electron chi connectivity index (χ4n) is 5.15. The second-order valence-corrected chi connectivity index (χ2v) is 8.48. The van der Waals surface area contributed by atoms with Crippen LogP contribution in [0.1, 0.15) is 25.7 Å². The summed E-state index contributed by atoms with van der Waals surface area (Å²) in [7, 11) is 0. The third kappa shape index (κ3) is 3.54. The van der Waals surface area contributed by atoms with E-state index >= 15 is 0 Å². The number of rotatable bonds is 4. The average molecular weight is 437 g/mol. The van der Waals surface area contributed by atoms with Gasteiger partial charge in [0, 0.05) is 5.92 Å². The summed E-state index contributed by atoms with van der Waals surface area (Å²) in [4.78, 5) is 42.2. The summed E-state index contributed by atoms with van der Waals surface area (Å²) in [6.45, 7) is -0.294. The van der Waals surface area contributed by atoms with Gasteiger partial charge in [0.25, 0.3) is 5.91 Å². The zero-order chi connectivity index (χ0) is 22.2. The molecule has 1 saturated carbocycles. The standard InChI is InChI=1S/C24H24FN3O4/c25-17-11-5-6-12-18(17)26-20(29)14-27-21-16-10-4-7-13-19(16)32-22(21)23(30)28(24(27)31)15-8-2-1-3-9-15/h1-3,5-6,8-9,11-12,16,19,21-22H,4,7,10,13-14H2,(H,26,29). The second kappa shape index (κ2) is 8.35. The first-order chi connectivity index (χ1) is 15.5. The van der Waals surface area contributed by atoms with Gasteiger partial charge in [0.1, 0.15) is 12.4 Å². The number of halogens is 1. The van der Waals surface area contributed by atoms with Crippen LogP contribution in [0, 0.1) is 11.7 Å². The maximum absolute atomic E-state index is 14.0. The lowest BCUT2D eigenvalue weighted by Crippen LogP contribution is -2.65. The molecular formula is C24H24FN3O4. The third-order valence-electron chi connectivity index (χ3n) is 6.56. The molecule has 1 aliphatic carbocycles. The number of benzene rings is 2. The normalized spacial score (nSPS) is 27.2. The number of amides is 4. The lowest BCUT2D eigenvalue weighted by Gasteiger charge is -2.42. The number of imide groups is 1. The van der Waals surface area contributed by atoms with Crippen molar-refractivity contribution in [2.24, 2.45) is 5.92 Å². The van der Waals surface area contributed by atoms with E-state index in [-0.39, 0.29) is 24.3 Å². The Morgan fingerprint density at radius 3 is 2.53 bits per heavy atom. The molecule has 0 radical (unpaired) electrons. The molecule has 3 aliphatic rings. The van der Waals surface area contributed by atoms with Crippen LogP contribution in [0.4, 0.5) is 20.6 Å². The predicted octanol–water partition coefficient (Wildman–Crippen LogP) is 3.56. The number of hydrogen-bond donors (Lipinski definition) is 1. The minimum Gasteiger partial charge on any atom is -0.363 e. The topological polar surface area (TPSA) is 79.0 Å². The smallest absolute Gasteiger partial charge is 0.332 e. The minimum atomic E-state index is -0.817. The first kappa shape index (κ1) is 20.6. The van der Waals surface area contributed by atoms with Crippen LogP contribution in [0.3, 0.4) is 0 Å². The lowest BCUT2D eigenvalue weighted by atomic mass is 9.81. The fourth-order valence-corrected chi connectivity index (χ4v) is 5.15. The van der Waals surface area contributed by atoms with E-state index in [1.54, 1.807) is 36.4 Å². The Morgan fingerprint density at radius 2 is 1.75 bits per heavy atom. The summed E-state index contributed by atoms with van der Waals surface area (Å²) in [6.07, 6.45) is 2.75. The second-order valence-electron chi connectivity index (χ2n) is 8.48. The van der Waals surface area contributed by atoms with Crippen molar-refractivity contribution >= 4 is 29.2 Å². The summed E-state index contributed by atoms with van der Waals surface area (Å²) in [5, 5.41) is 2.54. The van der Waals surface area contributed by atoms with E-state index in [0.29, 0.717) is 5.69 Å². The van der Waals surface area contributed by atoms with Gasteiger partial charge in [0.05, 0.1) is 23.5 Å². The van der Waals surface area contributed by atoms with E-state index in [2.05, 4.69) is 5.32 Å². The number of nitrogens with zero attached hydrogens (tertiary/aromatic N) is 2. The van der Waals surface area contributed by atoms with Gasteiger partial charge in [-0.15, -0.1) is 0 Å². The van der Waals surface area contributed by atoms with Gasteiger partial charge in [-0.2, -0.15) is 0 Å². The quantitative estimate of drug-likeness (QED) is 0.793. The van der Waals surface area contributed by atoms with Crippen molar-refractivity contribution in [2.75, 3.05) is 16.8 Å². The molecule has 2 saturated heterocycles. The molecule has 2 aliphatic heterocycles. The van der Waals surface area contributed by atoms with Crippen molar-refractivity contribution in [3.63, 3.8) is 0 Å². The van der Waals surface area contributed by atoms with Crippen molar-refractivity contribution in [1.82, 2.24) is 4.90 Å². The van der Waals surface area contributed by atoms with Gasteiger partial charge in [-0.3, -0.25) is 9.59 Å². The molecule has 166 valence electrons. The molecule has 1 N–H and O–H groups in total. The van der Waals surface area contributed by atoms with E-state index in [1.165, 1.54) is 23.1 Å². The Bertz CT molecular complexity index is 1050. The van der Waals surface area contributed by atoms with Crippen molar-refractivity contribution in [1.29, 1.82) is 0 Å². The summed E-state index contributed by atoms with van der Waals surface area (Å²) >= 11 is 0. The highest BCUT2D eigenvalue weighted by Gasteiger charge is 2.58. The molecule has 4 amide bonds. The largest absolute Gasteiger partial charge is 0.363 e. The van der Waals surface area contributed by atoms with Gasteiger partial charge >= 0.3 is 6.03 Å². The predicted molar refractivity (Wildman–Crippen MR) is 115 cm³/mol. The number of carbonyl (C=O) groups excluding carboxylic acids is 3. The lowest BCUT2D eigenvalue weighted by molar-refractivity contribution is -0.133. The number of urea groups is 1. The number of hydrogen-bond acceptors (Lipinski definition) is 4. The molecule has 2 aromatic carbocycles. The number of fused-ring (bicyclic) bond motifs is 3. The highest BCUT2D eigenvalue weighted by atomic mass is 19.1. The van der Waals surface area contributed by atoms with Gasteiger partial charge in [-0.25, -0.2) is 14.1 Å². The van der Waals surface area contributed by atoms with Crippen molar-refractivity contribution in [3.8, 4) is 0 Å². The summed E-state index contributed by atoms with van der Waals surface area (Å²) in [5.74, 6) is -1.47. The molecule has 3 fully saturated rings. The SMILES string of the molecule is O=C(CN1C(=O)N(c2ccccc2)C(=O)C2OC3CCCCC3C21)Nc1ccccc1F. The van der Waals surface area contributed by atoms with Crippen molar-refractivity contribution in [2.45, 2.75) is 43.9 Å². The molecule has 5 rings (SSSR count). The van der Waals surface area contributed by atoms with Gasteiger partial charge < -0.3 is 15.0 Å². The first-order valence-corrected chi connectivity index (χ1v) is 10.9. The van der Waals surface area contributed by atoms with E-state index in [1.807, 2.05) is 0 Å². The molecule has 8 heteroatoms. The van der Waals surface area contributed by atoms with Crippen LogP contribution in [0.15, 0.2) is 54.6 Å². The number of para-hydroxylation sites is 2. The first-order valence-electron chi connectivity index (χ1n) is 10.9. The molecule has 2 aromatic rings. The Morgan fingerprint density at radius 1 is 1.03 bits per heavy atom.